The summed E-state index contributed by atoms with van der Waals surface area (Å²) in [5.41, 5.74) is 3.85. The van der Waals surface area contributed by atoms with E-state index < -0.39 is 0 Å². The summed E-state index contributed by atoms with van der Waals surface area (Å²) in [6, 6.07) is 9.77. The summed E-state index contributed by atoms with van der Waals surface area (Å²) < 4.78 is 0. The second kappa shape index (κ2) is 5.61. The smallest absolute Gasteiger partial charge is 0.231 e. The normalized spacial score (nSPS) is 10.3. The Bertz CT molecular complexity index is 571. The van der Waals surface area contributed by atoms with Gasteiger partial charge in [-0.1, -0.05) is 29.8 Å². The number of aryl methyl sites for hydroxylation is 3. The summed E-state index contributed by atoms with van der Waals surface area (Å²) in [6.45, 7) is 5.78. The Morgan fingerprint density at radius 1 is 1.05 bits per heavy atom. The molecular formula is C15H17N3O. The van der Waals surface area contributed by atoms with E-state index in [4.69, 9.17) is 0 Å². The van der Waals surface area contributed by atoms with Crippen LogP contribution in [-0.4, -0.2) is 15.9 Å². The van der Waals surface area contributed by atoms with Crippen LogP contribution in [0.15, 0.2) is 30.3 Å². The number of aromatic nitrogens is 2. The van der Waals surface area contributed by atoms with E-state index in [-0.39, 0.29) is 5.91 Å². The highest BCUT2D eigenvalue weighted by Crippen LogP contribution is 2.07. The average Bonchev–Trinajstić information content (AvgIpc) is 2.30. The summed E-state index contributed by atoms with van der Waals surface area (Å²) in [6.07, 6.45) is 0.330. The molecule has 98 valence electrons. The van der Waals surface area contributed by atoms with Crippen molar-refractivity contribution < 1.29 is 4.79 Å². The van der Waals surface area contributed by atoms with Gasteiger partial charge in [0.1, 0.15) is 0 Å². The number of carbonyl (C=O) groups excluding carboxylic acids is 1. The molecule has 0 saturated heterocycles. The van der Waals surface area contributed by atoms with Crippen molar-refractivity contribution in [2.24, 2.45) is 0 Å². The van der Waals surface area contributed by atoms with Gasteiger partial charge in [0.25, 0.3) is 0 Å². The Labute approximate surface area is 112 Å². The maximum atomic E-state index is 11.9. The first-order valence-electron chi connectivity index (χ1n) is 6.20. The van der Waals surface area contributed by atoms with E-state index in [0.717, 1.165) is 17.0 Å². The molecule has 0 atom stereocenters. The molecule has 1 aromatic carbocycles. The van der Waals surface area contributed by atoms with Crippen LogP contribution in [-0.2, 0) is 11.2 Å². The first-order valence-corrected chi connectivity index (χ1v) is 6.20. The number of benzene rings is 1. The molecule has 1 amide bonds. The molecule has 0 aliphatic heterocycles. The summed E-state index contributed by atoms with van der Waals surface area (Å²) in [5, 5.41) is 2.73. The van der Waals surface area contributed by atoms with Gasteiger partial charge in [-0.2, -0.15) is 0 Å². The molecule has 2 rings (SSSR count). The van der Waals surface area contributed by atoms with Crippen LogP contribution in [0.3, 0.4) is 0 Å². The average molecular weight is 255 g/mol. The quantitative estimate of drug-likeness (QED) is 0.917. The highest BCUT2D eigenvalue weighted by Gasteiger charge is 2.06. The molecule has 0 aliphatic rings. The van der Waals surface area contributed by atoms with Gasteiger partial charge in [-0.05, 0) is 32.4 Å². The fraction of sp³-hybridized carbons (Fsp3) is 0.267. The van der Waals surface area contributed by atoms with Crippen molar-refractivity contribution in [2.75, 3.05) is 5.32 Å². The van der Waals surface area contributed by atoms with Crippen LogP contribution in [0, 0.1) is 20.8 Å². The van der Waals surface area contributed by atoms with Crippen LogP contribution in [0.1, 0.15) is 22.5 Å². The predicted molar refractivity (Wildman–Crippen MR) is 75.0 cm³/mol. The van der Waals surface area contributed by atoms with E-state index in [9.17, 15) is 4.79 Å². The Morgan fingerprint density at radius 2 is 1.63 bits per heavy atom. The van der Waals surface area contributed by atoms with Crippen molar-refractivity contribution in [3.05, 3.63) is 52.8 Å². The maximum Gasteiger partial charge on any atom is 0.231 e. The number of rotatable bonds is 3. The van der Waals surface area contributed by atoms with E-state index >= 15 is 0 Å². The van der Waals surface area contributed by atoms with Crippen LogP contribution < -0.4 is 5.32 Å². The molecular weight excluding hydrogens is 238 g/mol. The number of hydrogen-bond acceptors (Lipinski definition) is 3. The minimum atomic E-state index is -0.103. The second-order valence-electron chi connectivity index (χ2n) is 4.68. The molecule has 1 heterocycles. The first kappa shape index (κ1) is 13.2. The van der Waals surface area contributed by atoms with E-state index in [2.05, 4.69) is 15.3 Å². The molecule has 0 radical (unpaired) electrons. The zero-order valence-electron chi connectivity index (χ0n) is 11.4. The summed E-state index contributed by atoms with van der Waals surface area (Å²) in [4.78, 5) is 20.3. The molecule has 4 heteroatoms. The van der Waals surface area contributed by atoms with Gasteiger partial charge in [0.2, 0.25) is 11.9 Å². The molecule has 0 aliphatic carbocycles. The van der Waals surface area contributed by atoms with Gasteiger partial charge in [-0.3, -0.25) is 10.1 Å². The zero-order valence-corrected chi connectivity index (χ0v) is 11.4. The molecule has 1 N–H and O–H groups in total. The topological polar surface area (TPSA) is 54.9 Å². The Kier molecular flexibility index (Phi) is 3.90. The number of hydrogen-bond donors (Lipinski definition) is 1. The maximum absolute atomic E-state index is 11.9. The van der Waals surface area contributed by atoms with Crippen molar-refractivity contribution in [3.63, 3.8) is 0 Å². The van der Waals surface area contributed by atoms with Crippen molar-refractivity contribution in [1.82, 2.24) is 9.97 Å². The fourth-order valence-corrected chi connectivity index (χ4v) is 1.84. The van der Waals surface area contributed by atoms with Gasteiger partial charge in [-0.15, -0.1) is 0 Å². The lowest BCUT2D eigenvalue weighted by atomic mass is 10.1. The third-order valence-electron chi connectivity index (χ3n) is 2.72. The molecule has 0 saturated carbocycles. The highest BCUT2D eigenvalue weighted by molar-refractivity contribution is 5.90. The minimum absolute atomic E-state index is 0.103. The van der Waals surface area contributed by atoms with Crippen molar-refractivity contribution >= 4 is 11.9 Å². The lowest BCUT2D eigenvalue weighted by Gasteiger charge is -2.06. The Morgan fingerprint density at radius 3 is 2.21 bits per heavy atom. The van der Waals surface area contributed by atoms with E-state index in [1.165, 1.54) is 5.56 Å². The van der Waals surface area contributed by atoms with Crippen LogP contribution in [0.4, 0.5) is 5.95 Å². The molecule has 1 aromatic heterocycles. The van der Waals surface area contributed by atoms with Gasteiger partial charge < -0.3 is 0 Å². The number of carbonyl (C=O) groups is 1. The number of anilines is 1. The molecule has 0 bridgehead atoms. The van der Waals surface area contributed by atoms with Crippen LogP contribution >= 0.6 is 0 Å². The van der Waals surface area contributed by atoms with Crippen LogP contribution in [0.25, 0.3) is 0 Å². The molecule has 2 aromatic rings. The first-order chi connectivity index (χ1) is 9.02. The second-order valence-corrected chi connectivity index (χ2v) is 4.68. The summed E-state index contributed by atoms with van der Waals surface area (Å²) in [5.74, 6) is 0.267. The van der Waals surface area contributed by atoms with Gasteiger partial charge in [0.15, 0.2) is 0 Å². The molecule has 0 fully saturated rings. The van der Waals surface area contributed by atoms with E-state index in [1.54, 1.807) is 0 Å². The van der Waals surface area contributed by atoms with Crippen LogP contribution in [0.5, 0.6) is 0 Å². The molecule has 0 unspecified atom stereocenters. The number of amides is 1. The van der Waals surface area contributed by atoms with Gasteiger partial charge in [-0.25, -0.2) is 9.97 Å². The largest absolute Gasteiger partial charge is 0.294 e. The van der Waals surface area contributed by atoms with Crippen molar-refractivity contribution in [1.29, 1.82) is 0 Å². The van der Waals surface area contributed by atoms with Gasteiger partial charge in [0.05, 0.1) is 6.42 Å². The predicted octanol–water partition coefficient (Wildman–Crippen LogP) is 2.58. The summed E-state index contributed by atoms with van der Waals surface area (Å²) in [7, 11) is 0. The zero-order chi connectivity index (χ0) is 13.8. The lowest BCUT2D eigenvalue weighted by molar-refractivity contribution is -0.115. The minimum Gasteiger partial charge on any atom is -0.294 e. The third kappa shape index (κ3) is 3.88. The fourth-order valence-electron chi connectivity index (χ4n) is 1.84. The molecule has 4 nitrogen and oxygen atoms in total. The SMILES string of the molecule is Cc1ccc(CC(=O)Nc2nc(C)cc(C)n2)cc1. The highest BCUT2D eigenvalue weighted by atomic mass is 16.1. The monoisotopic (exact) mass is 255 g/mol. The molecule has 0 spiro atoms. The van der Waals surface area contributed by atoms with Gasteiger partial charge >= 0.3 is 0 Å². The third-order valence-corrected chi connectivity index (χ3v) is 2.72. The molecule has 19 heavy (non-hydrogen) atoms. The number of nitrogens with one attached hydrogen (secondary N) is 1. The Balaban J connectivity index is 2.03. The van der Waals surface area contributed by atoms with E-state index in [1.807, 2.05) is 51.1 Å². The Hall–Kier alpha value is -2.23. The van der Waals surface area contributed by atoms with Gasteiger partial charge in [0, 0.05) is 11.4 Å². The summed E-state index contributed by atoms with van der Waals surface area (Å²) >= 11 is 0. The number of nitrogens with zero attached hydrogens (tertiary/aromatic N) is 2. The van der Waals surface area contributed by atoms with Crippen molar-refractivity contribution in [3.8, 4) is 0 Å². The van der Waals surface area contributed by atoms with Crippen LogP contribution in [0.2, 0.25) is 0 Å². The lowest BCUT2D eigenvalue weighted by Crippen LogP contribution is -2.17. The van der Waals surface area contributed by atoms with E-state index in [0.29, 0.717) is 12.4 Å². The van der Waals surface area contributed by atoms with Crippen molar-refractivity contribution in [2.45, 2.75) is 27.2 Å². The standard InChI is InChI=1S/C15H17N3O/c1-10-4-6-13(7-5-10)9-14(19)18-15-16-11(2)8-12(3)17-15/h4-8H,9H2,1-3H3,(H,16,17,18,19).